The topological polar surface area (TPSA) is 130 Å². The first kappa shape index (κ1) is 32.7. The van der Waals surface area contributed by atoms with E-state index in [1.807, 2.05) is 0 Å². The number of carbonyl (C=O) groups excluding carboxylic acids is 1. The highest BCUT2D eigenvalue weighted by molar-refractivity contribution is 5.78. The minimum absolute atomic E-state index is 0.112. The van der Waals surface area contributed by atoms with Gasteiger partial charge in [0.25, 0.3) is 6.02 Å². The molecule has 2 heterocycles. The van der Waals surface area contributed by atoms with E-state index >= 15 is 0 Å². The molecule has 0 spiro atoms. The first-order chi connectivity index (χ1) is 18.8. The molecule has 2 unspecified atom stereocenters. The van der Waals surface area contributed by atoms with E-state index in [0.29, 0.717) is 11.5 Å². The van der Waals surface area contributed by atoms with E-state index in [1.54, 1.807) is 0 Å². The molecule has 0 aromatic rings. The van der Waals surface area contributed by atoms with Gasteiger partial charge in [0, 0.05) is 6.20 Å². The number of halogens is 2. The summed E-state index contributed by atoms with van der Waals surface area (Å²) in [4.78, 5) is 17.0. The number of amidine groups is 1. The number of aliphatic imine (C=N–C) groups is 1. The van der Waals surface area contributed by atoms with Gasteiger partial charge in [-0.3, -0.25) is 4.90 Å². The molecule has 2 rings (SSSR count). The van der Waals surface area contributed by atoms with E-state index in [2.05, 4.69) is 41.5 Å². The molecule has 0 saturated carbocycles. The van der Waals surface area contributed by atoms with E-state index in [-0.39, 0.29) is 6.02 Å². The number of urea groups is 1. The van der Waals surface area contributed by atoms with Crippen molar-refractivity contribution in [3.8, 4) is 0 Å². The number of aliphatic hydroxyl groups excluding tert-OH is 2. The summed E-state index contributed by atoms with van der Waals surface area (Å²) in [6.45, 7) is 1.81. The zero-order chi connectivity index (χ0) is 28.5. The second-order valence-corrected chi connectivity index (χ2v) is 9.87. The number of rotatable bonds is 18. The summed E-state index contributed by atoms with van der Waals surface area (Å²) >= 11 is 0. The molecule has 2 amide bonds. The monoisotopic (exact) mass is 556 g/mol. The van der Waals surface area contributed by atoms with Gasteiger partial charge in [-0.2, -0.15) is 8.78 Å². The maximum absolute atomic E-state index is 14.3. The molecule has 0 aromatic heterocycles. The lowest BCUT2D eigenvalue weighted by Crippen LogP contribution is -2.55. The van der Waals surface area contributed by atoms with Gasteiger partial charge in [0.1, 0.15) is 12.3 Å². The van der Waals surface area contributed by atoms with Crippen molar-refractivity contribution >= 4 is 12.1 Å². The zero-order valence-corrected chi connectivity index (χ0v) is 23.0. The number of nitrogens with zero attached hydrogens (tertiary/aromatic N) is 2. The molecule has 0 bridgehead atoms. The van der Waals surface area contributed by atoms with Gasteiger partial charge < -0.3 is 30.7 Å². The van der Waals surface area contributed by atoms with Gasteiger partial charge >= 0.3 is 12.0 Å². The summed E-state index contributed by atoms with van der Waals surface area (Å²) in [5, 5.41) is 21.1. The van der Waals surface area contributed by atoms with Crippen molar-refractivity contribution in [1.82, 2.24) is 10.2 Å². The Hall–Kier alpha value is -2.50. The van der Waals surface area contributed by atoms with Crippen molar-refractivity contribution in [3.63, 3.8) is 0 Å². The Bertz CT molecular complexity index is 837. The third kappa shape index (κ3) is 11.3. The summed E-state index contributed by atoms with van der Waals surface area (Å²) in [6, 6.07) is -1.01. The summed E-state index contributed by atoms with van der Waals surface area (Å²) in [6.07, 6.45) is 18.5. The number of hydrogen-bond donors (Lipinski definition) is 4. The molecule has 222 valence electrons. The van der Waals surface area contributed by atoms with E-state index in [1.165, 1.54) is 51.0 Å². The van der Waals surface area contributed by atoms with Crippen LogP contribution < -0.4 is 11.1 Å². The summed E-state index contributed by atoms with van der Waals surface area (Å²) in [5.74, 6) is -3.75. The summed E-state index contributed by atoms with van der Waals surface area (Å²) in [7, 11) is 0. The Morgan fingerprint density at radius 2 is 1.77 bits per heavy atom. The van der Waals surface area contributed by atoms with Gasteiger partial charge in [0.15, 0.2) is 6.10 Å². The predicted molar refractivity (Wildman–Crippen MR) is 147 cm³/mol. The van der Waals surface area contributed by atoms with Gasteiger partial charge in [0.2, 0.25) is 6.23 Å². The van der Waals surface area contributed by atoms with Crippen molar-refractivity contribution in [3.05, 3.63) is 36.6 Å². The van der Waals surface area contributed by atoms with Crippen LogP contribution in [0, 0.1) is 0 Å². The molecule has 5 N–H and O–H groups in total. The zero-order valence-electron chi connectivity index (χ0n) is 23.0. The number of alkyl halides is 2. The van der Waals surface area contributed by atoms with E-state index in [9.17, 15) is 18.7 Å². The fraction of sp³-hybridized carbons (Fsp3) is 0.714. The van der Waals surface area contributed by atoms with Crippen LogP contribution in [0.2, 0.25) is 0 Å². The number of ether oxygens (including phenoxy) is 2. The Balaban J connectivity index is 1.54. The highest BCUT2D eigenvalue weighted by Crippen LogP contribution is 2.38. The number of unbranched alkanes of at least 4 members (excludes halogenated alkanes) is 9. The number of aliphatic hydroxyl groups is 2. The van der Waals surface area contributed by atoms with Crippen LogP contribution >= 0.6 is 0 Å². The average molecular weight is 557 g/mol. The molecule has 2 aliphatic rings. The highest BCUT2D eigenvalue weighted by Gasteiger charge is 2.61. The molecule has 9 nitrogen and oxygen atoms in total. The molecule has 11 heteroatoms. The largest absolute Gasteiger partial charge is 0.465 e. The Morgan fingerprint density at radius 3 is 2.38 bits per heavy atom. The summed E-state index contributed by atoms with van der Waals surface area (Å²) in [5.41, 5.74) is 5.78. The molecular formula is C28H46F2N4O5. The molecular weight excluding hydrogens is 510 g/mol. The molecule has 39 heavy (non-hydrogen) atoms. The van der Waals surface area contributed by atoms with E-state index in [0.717, 1.165) is 38.3 Å². The molecule has 0 aromatic carbocycles. The molecule has 0 radical (unpaired) electrons. The first-order valence-electron chi connectivity index (χ1n) is 14.2. The van der Waals surface area contributed by atoms with Gasteiger partial charge in [-0.05, 0) is 44.6 Å². The maximum atomic E-state index is 14.3. The normalized spacial score (nSPS) is 25.2. The van der Waals surface area contributed by atoms with Crippen LogP contribution in [0.4, 0.5) is 13.6 Å². The lowest BCUT2D eigenvalue weighted by molar-refractivity contribution is -0.145. The second kappa shape index (κ2) is 18.0. The first-order valence-corrected chi connectivity index (χ1v) is 14.2. The number of allylic oxidation sites excluding steroid dienone is 4. The minimum atomic E-state index is -3.75. The Labute approximate surface area is 230 Å². The maximum Gasteiger partial charge on any atom is 0.325 e. The number of hydrogen-bond acceptors (Lipinski definition) is 6. The smallest absolute Gasteiger partial charge is 0.325 e. The second-order valence-electron chi connectivity index (χ2n) is 9.87. The van der Waals surface area contributed by atoms with Crippen molar-refractivity contribution in [1.29, 1.82) is 0 Å². The fourth-order valence-electron chi connectivity index (χ4n) is 4.31. The van der Waals surface area contributed by atoms with Crippen LogP contribution in [-0.4, -0.2) is 70.9 Å². The quantitative estimate of drug-likeness (QED) is 0.0838. The lowest BCUT2D eigenvalue weighted by atomic mass is 10.1. The van der Waals surface area contributed by atoms with Crippen molar-refractivity contribution in [2.24, 2.45) is 10.7 Å². The molecule has 0 aliphatic carbocycles. The Kier molecular flexibility index (Phi) is 15.1. The third-order valence-electron chi connectivity index (χ3n) is 6.61. The predicted octanol–water partition coefficient (Wildman–Crippen LogP) is 4.71. The lowest BCUT2D eigenvalue weighted by Gasteiger charge is -2.32. The van der Waals surface area contributed by atoms with Crippen molar-refractivity contribution in [2.75, 3.05) is 13.2 Å². The highest BCUT2D eigenvalue weighted by atomic mass is 19.3. The minimum Gasteiger partial charge on any atom is -0.465 e. The molecule has 4 atom stereocenters. The average Bonchev–Trinajstić information content (AvgIpc) is 3.14. The van der Waals surface area contributed by atoms with Crippen molar-refractivity contribution < 1.29 is 33.3 Å². The van der Waals surface area contributed by atoms with Crippen LogP contribution in [0.5, 0.6) is 0 Å². The SMILES string of the molecule is CCCCC/C=C\C/C=C\CCCCCCCCO/C(N)=N/C1C=CN([C@@H]2O[C@H](CO)C(O)C2(F)F)C(=O)N1. The third-order valence-corrected chi connectivity index (χ3v) is 6.61. The van der Waals surface area contributed by atoms with E-state index in [4.69, 9.17) is 20.3 Å². The van der Waals surface area contributed by atoms with E-state index < -0.39 is 43.2 Å². The van der Waals surface area contributed by atoms with Gasteiger partial charge in [-0.25, -0.2) is 9.79 Å². The number of nitrogens with one attached hydrogen (secondary N) is 1. The van der Waals surface area contributed by atoms with Gasteiger partial charge in [-0.15, -0.1) is 0 Å². The van der Waals surface area contributed by atoms with Crippen LogP contribution in [-0.2, 0) is 9.47 Å². The van der Waals surface area contributed by atoms with Crippen LogP contribution in [0.1, 0.15) is 84.0 Å². The van der Waals surface area contributed by atoms with Crippen LogP contribution in [0.25, 0.3) is 0 Å². The summed E-state index contributed by atoms with van der Waals surface area (Å²) < 4.78 is 39.0. The molecule has 1 fully saturated rings. The van der Waals surface area contributed by atoms with Gasteiger partial charge in [-0.1, -0.05) is 69.8 Å². The molecule has 2 aliphatic heterocycles. The van der Waals surface area contributed by atoms with Crippen LogP contribution in [0.3, 0.4) is 0 Å². The van der Waals surface area contributed by atoms with Gasteiger partial charge in [0.05, 0.1) is 13.2 Å². The van der Waals surface area contributed by atoms with Crippen molar-refractivity contribution in [2.45, 2.75) is 114 Å². The molecule has 1 saturated heterocycles. The Morgan fingerprint density at radius 1 is 1.13 bits per heavy atom. The number of amides is 2. The number of nitrogens with two attached hydrogens (primary N) is 1. The standard InChI is InChI=1S/C28H46F2N4O5/c1-2-3-4-5-6-7-8-9-10-11-12-13-14-15-16-17-20-38-26(31)32-23-18-19-34(27(37)33-23)25-28(29,30)24(36)22(21-35)39-25/h6-7,9-10,18-19,22-25,35-36H,2-5,8,11-17,20-21H2,1H3,(H2,31,32)(H,33,37)/b7-6-,10-9-/t22-,23?,24?,25-/m1/s1. The number of carbonyl (C=O) groups is 1. The van der Waals surface area contributed by atoms with Crippen LogP contribution in [0.15, 0.2) is 41.6 Å². The fourth-order valence-corrected chi connectivity index (χ4v) is 4.31.